The van der Waals surface area contributed by atoms with Crippen molar-refractivity contribution >= 4 is 28.4 Å². The number of aromatic nitrogens is 1. The zero-order valence-electron chi connectivity index (χ0n) is 19.0. The number of carbonyl (C=O) groups excluding carboxylic acids is 2. The minimum absolute atomic E-state index is 0.0397. The maximum Gasteiger partial charge on any atom is 0.321 e. The van der Waals surface area contributed by atoms with Crippen LogP contribution in [0.1, 0.15) is 31.7 Å². The van der Waals surface area contributed by atoms with Crippen LogP contribution in [0.25, 0.3) is 0 Å². The van der Waals surface area contributed by atoms with Gasteiger partial charge in [-0.05, 0) is 61.8 Å². The van der Waals surface area contributed by atoms with Crippen molar-refractivity contribution in [3.63, 3.8) is 0 Å². The quantitative estimate of drug-likeness (QED) is 0.672. The molecule has 2 fully saturated rings. The number of rotatable bonds is 6. The molecule has 2 aliphatic heterocycles. The summed E-state index contributed by atoms with van der Waals surface area (Å²) in [5, 5.41) is 8.26. The average molecular weight is 474 g/mol. The number of urea groups is 1. The highest BCUT2D eigenvalue weighted by Crippen LogP contribution is 2.25. The van der Waals surface area contributed by atoms with Crippen LogP contribution in [0.3, 0.4) is 0 Å². The Bertz CT molecular complexity index is 923. The second kappa shape index (κ2) is 11.1. The number of hydrogen-bond acceptors (Lipinski definition) is 5. The molecule has 0 spiro atoms. The maximum atomic E-state index is 13.2. The minimum Gasteiger partial charge on any atom is -0.341 e. The average Bonchev–Trinajstić information content (AvgIpc) is 3.29. The van der Waals surface area contributed by atoms with E-state index in [0.29, 0.717) is 17.6 Å². The third-order valence-corrected chi connectivity index (χ3v) is 7.39. The second-order valence-corrected chi connectivity index (χ2v) is 10.0. The summed E-state index contributed by atoms with van der Waals surface area (Å²) in [6, 6.07) is 6.44. The molecule has 0 aliphatic carbocycles. The van der Waals surface area contributed by atoms with Crippen LogP contribution in [0.4, 0.5) is 14.3 Å². The number of nitrogens with one attached hydrogen (secondary N) is 2. The van der Waals surface area contributed by atoms with E-state index in [1.165, 1.54) is 35.5 Å². The molecule has 0 bridgehead atoms. The van der Waals surface area contributed by atoms with Gasteiger partial charge in [-0.1, -0.05) is 12.1 Å². The number of halogens is 1. The number of thiazole rings is 1. The Balaban J connectivity index is 1.35. The number of benzene rings is 1. The lowest BCUT2D eigenvalue weighted by molar-refractivity contribution is -0.130. The largest absolute Gasteiger partial charge is 0.341 e. The Hall–Kier alpha value is -2.52. The molecule has 7 nitrogen and oxygen atoms in total. The van der Waals surface area contributed by atoms with Gasteiger partial charge in [0.1, 0.15) is 5.82 Å². The molecule has 3 heterocycles. The van der Waals surface area contributed by atoms with Gasteiger partial charge in [0.15, 0.2) is 5.13 Å². The van der Waals surface area contributed by atoms with Crippen LogP contribution < -0.4 is 10.6 Å². The number of nitrogens with zero attached hydrogens (tertiary/aromatic N) is 3. The molecule has 9 heteroatoms. The van der Waals surface area contributed by atoms with Crippen molar-refractivity contribution in [2.24, 2.45) is 11.8 Å². The van der Waals surface area contributed by atoms with Crippen LogP contribution in [0.5, 0.6) is 0 Å². The van der Waals surface area contributed by atoms with Gasteiger partial charge in [-0.2, -0.15) is 0 Å². The molecule has 0 saturated carbocycles. The van der Waals surface area contributed by atoms with E-state index in [1.54, 1.807) is 13.1 Å². The third-order valence-electron chi connectivity index (χ3n) is 6.70. The zero-order valence-corrected chi connectivity index (χ0v) is 19.8. The van der Waals surface area contributed by atoms with Crippen LogP contribution in [0.2, 0.25) is 0 Å². The van der Waals surface area contributed by atoms with E-state index in [9.17, 15) is 14.0 Å². The molecule has 1 aromatic heterocycles. The first-order valence-corrected chi connectivity index (χ1v) is 12.5. The maximum absolute atomic E-state index is 13.2. The highest BCUT2D eigenvalue weighted by atomic mass is 32.1. The Kier molecular flexibility index (Phi) is 7.93. The molecule has 3 amide bonds. The lowest BCUT2D eigenvalue weighted by Crippen LogP contribution is -2.57. The van der Waals surface area contributed by atoms with Gasteiger partial charge in [-0.3, -0.25) is 10.1 Å². The number of likely N-dealkylation sites (tertiary alicyclic amines) is 2. The van der Waals surface area contributed by atoms with Crippen molar-refractivity contribution in [1.29, 1.82) is 0 Å². The van der Waals surface area contributed by atoms with Gasteiger partial charge in [-0.15, -0.1) is 11.3 Å². The van der Waals surface area contributed by atoms with Crippen molar-refractivity contribution in [3.05, 3.63) is 47.2 Å². The lowest BCUT2D eigenvalue weighted by atomic mass is 9.87. The van der Waals surface area contributed by atoms with Gasteiger partial charge >= 0.3 is 6.03 Å². The first-order chi connectivity index (χ1) is 16.0. The summed E-state index contributed by atoms with van der Waals surface area (Å²) in [7, 11) is 0. The lowest BCUT2D eigenvalue weighted by Gasteiger charge is -2.42. The van der Waals surface area contributed by atoms with E-state index in [4.69, 9.17) is 0 Å². The van der Waals surface area contributed by atoms with E-state index >= 15 is 0 Å². The summed E-state index contributed by atoms with van der Waals surface area (Å²) < 4.78 is 13.2. The van der Waals surface area contributed by atoms with E-state index in [-0.39, 0.29) is 29.7 Å². The van der Waals surface area contributed by atoms with E-state index in [0.717, 1.165) is 45.4 Å². The molecule has 1 aromatic carbocycles. The standard InChI is InChI=1S/C24H32FN5O2S/c1-17(31)30-11-8-20(22(16-30)27-23(32)28-24-26-9-12-33-24)15-29-10-2-3-19(14-29)13-18-4-6-21(25)7-5-18/h4-7,9,12,19-20,22H,2-3,8,10-11,13-16H2,1H3,(H2,26,27,28,32)/t19-,20?,22?/m0/s1. The highest BCUT2D eigenvalue weighted by molar-refractivity contribution is 7.13. The minimum atomic E-state index is -0.279. The van der Waals surface area contributed by atoms with Gasteiger partial charge in [0, 0.05) is 44.7 Å². The first kappa shape index (κ1) is 23.6. The Labute approximate surface area is 198 Å². The van der Waals surface area contributed by atoms with Crippen LogP contribution in [0.15, 0.2) is 35.8 Å². The number of anilines is 1. The molecule has 2 aliphatic rings. The monoisotopic (exact) mass is 473 g/mol. The zero-order chi connectivity index (χ0) is 23.2. The number of hydrogen-bond donors (Lipinski definition) is 2. The molecule has 2 unspecified atom stereocenters. The molecule has 178 valence electrons. The topological polar surface area (TPSA) is 77.6 Å². The normalized spacial score (nSPS) is 23.8. The first-order valence-electron chi connectivity index (χ1n) is 11.7. The van der Waals surface area contributed by atoms with Gasteiger partial charge in [0.05, 0.1) is 6.04 Å². The van der Waals surface area contributed by atoms with Gasteiger partial charge in [0.25, 0.3) is 0 Å². The Morgan fingerprint density at radius 1 is 1.18 bits per heavy atom. The molecule has 2 N–H and O–H groups in total. The van der Waals surface area contributed by atoms with E-state index < -0.39 is 0 Å². The van der Waals surface area contributed by atoms with Gasteiger partial charge < -0.3 is 15.1 Å². The van der Waals surface area contributed by atoms with Crippen LogP contribution in [-0.4, -0.2) is 65.5 Å². The van der Waals surface area contributed by atoms with Crippen molar-refractivity contribution in [2.75, 3.05) is 38.0 Å². The molecule has 2 saturated heterocycles. The van der Waals surface area contributed by atoms with Crippen LogP contribution >= 0.6 is 11.3 Å². The summed E-state index contributed by atoms with van der Waals surface area (Å²) in [5.41, 5.74) is 1.18. The summed E-state index contributed by atoms with van der Waals surface area (Å²) in [4.78, 5) is 33.0. The fourth-order valence-electron chi connectivity index (χ4n) is 5.02. The van der Waals surface area contributed by atoms with E-state index in [1.807, 2.05) is 22.4 Å². The molecular weight excluding hydrogens is 441 g/mol. The molecular formula is C24H32FN5O2S. The SMILES string of the molecule is CC(=O)N1CCC(CN2CCC[C@@H](Cc3ccc(F)cc3)C2)C(NC(=O)Nc2nccs2)C1. The summed E-state index contributed by atoms with van der Waals surface area (Å²) in [6.45, 7) is 5.77. The van der Waals surface area contributed by atoms with Crippen molar-refractivity contribution in [1.82, 2.24) is 20.1 Å². The summed E-state index contributed by atoms with van der Waals surface area (Å²) in [6.07, 6.45) is 5.79. The number of amides is 3. The Morgan fingerprint density at radius 2 is 2.00 bits per heavy atom. The number of carbonyl (C=O) groups is 2. The van der Waals surface area contributed by atoms with Crippen molar-refractivity contribution < 1.29 is 14.0 Å². The third kappa shape index (κ3) is 6.74. The van der Waals surface area contributed by atoms with E-state index in [2.05, 4.69) is 20.5 Å². The van der Waals surface area contributed by atoms with Crippen molar-refractivity contribution in [3.8, 4) is 0 Å². The summed E-state index contributed by atoms with van der Waals surface area (Å²) >= 11 is 1.37. The second-order valence-electron chi connectivity index (χ2n) is 9.15. The molecule has 3 atom stereocenters. The fraction of sp³-hybridized carbons (Fsp3) is 0.542. The van der Waals surface area contributed by atoms with Crippen LogP contribution in [-0.2, 0) is 11.2 Å². The smallest absolute Gasteiger partial charge is 0.321 e. The Morgan fingerprint density at radius 3 is 2.73 bits per heavy atom. The number of piperidine rings is 2. The fourth-order valence-corrected chi connectivity index (χ4v) is 5.55. The highest BCUT2D eigenvalue weighted by Gasteiger charge is 2.34. The van der Waals surface area contributed by atoms with Gasteiger partial charge in [-0.25, -0.2) is 14.2 Å². The molecule has 4 rings (SSSR count). The van der Waals surface area contributed by atoms with Gasteiger partial charge in [0.2, 0.25) is 5.91 Å². The van der Waals surface area contributed by atoms with Crippen LogP contribution in [0, 0.1) is 17.7 Å². The predicted octanol–water partition coefficient (Wildman–Crippen LogP) is 3.60. The predicted molar refractivity (Wildman–Crippen MR) is 128 cm³/mol. The molecule has 33 heavy (non-hydrogen) atoms. The molecule has 0 radical (unpaired) electrons. The van der Waals surface area contributed by atoms with Crippen molar-refractivity contribution in [2.45, 2.75) is 38.6 Å². The molecule has 2 aromatic rings. The summed E-state index contributed by atoms with van der Waals surface area (Å²) in [5.74, 6) is 0.657.